The Hall–Kier alpha value is -0.610. The van der Waals surface area contributed by atoms with Crippen molar-refractivity contribution < 1.29 is 19.7 Å². The average molecular weight is 523 g/mol. The van der Waals surface area contributed by atoms with Gasteiger partial charge in [0.1, 0.15) is 6.10 Å². The molecule has 6 rings (SSSR count). The van der Waals surface area contributed by atoms with Crippen LogP contribution in [-0.2, 0) is 9.53 Å². The first-order valence-electron chi connectivity index (χ1n) is 16.0. The number of hydrogen-bond acceptors (Lipinski definition) is 3. The highest BCUT2D eigenvalue weighted by Gasteiger charge is 2.63. The van der Waals surface area contributed by atoms with Crippen LogP contribution in [0.15, 0.2) is 0 Å². The molecule has 10 atom stereocenters. The van der Waals surface area contributed by atoms with E-state index in [0.29, 0.717) is 10.8 Å². The fourth-order valence-electron chi connectivity index (χ4n) is 10.4. The lowest BCUT2D eigenvalue weighted by Gasteiger charge is -2.67. The van der Waals surface area contributed by atoms with Crippen molar-refractivity contribution in [3.63, 3.8) is 0 Å². The van der Waals surface area contributed by atoms with Crippen molar-refractivity contribution in [2.24, 2.45) is 51.8 Å². The number of aliphatic hydroxyl groups is 1. The Kier molecular flexibility index (Phi) is 12.5. The van der Waals surface area contributed by atoms with Gasteiger partial charge in [-0.25, -0.2) is 0 Å². The van der Waals surface area contributed by atoms with E-state index in [1.165, 1.54) is 19.3 Å². The van der Waals surface area contributed by atoms with Crippen molar-refractivity contribution in [1.82, 2.24) is 0 Å². The molecule has 0 amide bonds. The number of epoxide rings is 1. The molecule has 2 N–H and O–H groups in total. The summed E-state index contributed by atoms with van der Waals surface area (Å²) in [5, 5.41) is 15.0. The van der Waals surface area contributed by atoms with Gasteiger partial charge in [0.2, 0.25) is 0 Å². The third-order valence-corrected chi connectivity index (χ3v) is 12.0. The zero-order valence-corrected chi connectivity index (χ0v) is 25.7. The topological polar surface area (TPSA) is 70.1 Å². The minimum absolute atomic E-state index is 0.190. The molecular formula is C33H62O4. The molecule has 218 valence electrons. The number of rotatable bonds is 1. The number of hydrogen-bond donors (Lipinski definition) is 2. The SMILES string of the molecule is CC.CC.CC1CCCC2(C)C1CCC1(C)C3CCC4(C)CCCC4C3CCC21.O=CO.OCC1CO1. The van der Waals surface area contributed by atoms with Crippen molar-refractivity contribution in [3.8, 4) is 0 Å². The zero-order valence-electron chi connectivity index (χ0n) is 25.7. The second-order valence-electron chi connectivity index (χ2n) is 13.4. The zero-order chi connectivity index (χ0) is 27.9. The molecule has 5 saturated carbocycles. The Morgan fingerprint density at radius 2 is 1.35 bits per heavy atom. The number of carboxylic acid groups (broad SMARTS) is 1. The monoisotopic (exact) mass is 522 g/mol. The fourth-order valence-corrected chi connectivity index (χ4v) is 10.4. The number of aliphatic hydroxyl groups excluding tert-OH is 1. The highest BCUT2D eigenvalue weighted by Crippen LogP contribution is 2.71. The molecule has 10 unspecified atom stereocenters. The molecule has 6 fully saturated rings. The summed E-state index contributed by atoms with van der Waals surface area (Å²) in [7, 11) is 0. The highest BCUT2D eigenvalue weighted by molar-refractivity contribution is 5.32. The molecule has 1 saturated heterocycles. The van der Waals surface area contributed by atoms with E-state index in [1.54, 1.807) is 57.8 Å². The molecule has 0 aromatic rings. The summed E-state index contributed by atoms with van der Waals surface area (Å²) in [6.45, 7) is 19.5. The molecule has 4 nitrogen and oxygen atoms in total. The van der Waals surface area contributed by atoms with Crippen molar-refractivity contribution in [1.29, 1.82) is 0 Å². The summed E-state index contributed by atoms with van der Waals surface area (Å²) in [4.78, 5) is 8.36. The van der Waals surface area contributed by atoms with Gasteiger partial charge < -0.3 is 14.9 Å². The molecule has 6 aliphatic rings. The van der Waals surface area contributed by atoms with Crippen molar-refractivity contribution in [2.45, 2.75) is 139 Å². The van der Waals surface area contributed by atoms with Crippen LogP contribution in [0.3, 0.4) is 0 Å². The van der Waals surface area contributed by atoms with E-state index >= 15 is 0 Å². The summed E-state index contributed by atoms with van der Waals surface area (Å²) in [5.41, 5.74) is 2.08. The van der Waals surface area contributed by atoms with Gasteiger partial charge in [0.05, 0.1) is 13.2 Å². The quantitative estimate of drug-likeness (QED) is 0.267. The first-order chi connectivity index (χ1) is 17.7. The van der Waals surface area contributed by atoms with Gasteiger partial charge in [0.25, 0.3) is 6.47 Å². The van der Waals surface area contributed by atoms with E-state index in [-0.39, 0.29) is 19.2 Å². The maximum Gasteiger partial charge on any atom is 0.290 e. The molecule has 5 aliphatic carbocycles. The Labute approximate surface area is 229 Å². The number of fused-ring (bicyclic) bond motifs is 7. The third-order valence-electron chi connectivity index (χ3n) is 12.0. The molecule has 1 heterocycles. The number of ether oxygens (including phenoxy) is 1. The minimum atomic E-state index is -0.250. The molecule has 0 radical (unpaired) electrons. The van der Waals surface area contributed by atoms with E-state index in [1.807, 2.05) is 27.7 Å². The second kappa shape index (κ2) is 14.1. The smallest absolute Gasteiger partial charge is 0.290 e. The van der Waals surface area contributed by atoms with E-state index in [4.69, 9.17) is 15.0 Å². The standard InChI is InChI=1S/C25H42.C3H6O2.2C2H6.CH2O2/c1-17-7-5-14-24(3)19(17)12-16-25(4)21-11-15-23(2)13-6-8-20(23)18(21)9-10-22(24)25;4-1-3-2-5-3;2*1-2;2-1-3/h17-22H,5-16H2,1-4H3;3-4H,1-2H2;2*1-2H3;1H,(H,2,3). The Morgan fingerprint density at radius 3 is 1.92 bits per heavy atom. The number of carbonyl (C=O) groups is 1. The normalized spacial score (nSPS) is 46.5. The molecule has 0 bridgehead atoms. The molecular weight excluding hydrogens is 460 g/mol. The van der Waals surface area contributed by atoms with Gasteiger partial charge in [-0.05, 0) is 110 Å². The van der Waals surface area contributed by atoms with Crippen LogP contribution in [0.25, 0.3) is 0 Å². The lowest BCUT2D eigenvalue weighted by atomic mass is 9.38. The first-order valence-corrected chi connectivity index (χ1v) is 16.0. The van der Waals surface area contributed by atoms with Gasteiger partial charge in [-0.1, -0.05) is 74.7 Å². The van der Waals surface area contributed by atoms with Crippen molar-refractivity contribution in [3.05, 3.63) is 0 Å². The van der Waals surface area contributed by atoms with Crippen LogP contribution < -0.4 is 0 Å². The summed E-state index contributed by atoms with van der Waals surface area (Å²) < 4.78 is 4.61. The van der Waals surface area contributed by atoms with Gasteiger partial charge in [0, 0.05) is 0 Å². The Bertz CT molecular complexity index is 677. The average Bonchev–Trinajstić information content (AvgIpc) is 3.66. The van der Waals surface area contributed by atoms with E-state index in [9.17, 15) is 0 Å². The summed E-state index contributed by atoms with van der Waals surface area (Å²) >= 11 is 0. The largest absolute Gasteiger partial charge is 0.483 e. The van der Waals surface area contributed by atoms with Crippen LogP contribution in [0.2, 0.25) is 0 Å². The summed E-state index contributed by atoms with van der Waals surface area (Å²) in [6.07, 6.45) is 18.8. The van der Waals surface area contributed by atoms with E-state index < -0.39 is 0 Å². The molecule has 0 aromatic carbocycles. The molecule has 37 heavy (non-hydrogen) atoms. The molecule has 0 spiro atoms. The lowest BCUT2D eigenvalue weighted by molar-refractivity contribution is -0.181. The Balaban J connectivity index is 0.000000341. The Morgan fingerprint density at radius 1 is 0.784 bits per heavy atom. The van der Waals surface area contributed by atoms with Crippen LogP contribution in [0.5, 0.6) is 0 Å². The second-order valence-corrected chi connectivity index (χ2v) is 13.4. The van der Waals surface area contributed by atoms with Gasteiger partial charge in [-0.3, -0.25) is 4.79 Å². The van der Waals surface area contributed by atoms with Crippen LogP contribution in [0.1, 0.15) is 132 Å². The maximum absolute atomic E-state index is 8.36. The molecule has 4 heteroatoms. The van der Waals surface area contributed by atoms with Crippen molar-refractivity contribution in [2.75, 3.05) is 13.2 Å². The molecule has 1 aliphatic heterocycles. The summed E-state index contributed by atoms with van der Waals surface area (Å²) in [6, 6.07) is 0. The predicted molar refractivity (Wildman–Crippen MR) is 155 cm³/mol. The van der Waals surface area contributed by atoms with Crippen LogP contribution in [0.4, 0.5) is 0 Å². The lowest BCUT2D eigenvalue weighted by Crippen LogP contribution is -2.59. The molecule has 0 aromatic heterocycles. The fraction of sp³-hybridized carbons (Fsp3) is 0.970. The first kappa shape index (κ1) is 32.6. The van der Waals surface area contributed by atoms with Crippen LogP contribution in [-0.4, -0.2) is 36.0 Å². The third kappa shape index (κ3) is 6.59. The van der Waals surface area contributed by atoms with Crippen molar-refractivity contribution >= 4 is 6.47 Å². The van der Waals surface area contributed by atoms with Crippen LogP contribution >= 0.6 is 0 Å². The van der Waals surface area contributed by atoms with Gasteiger partial charge in [-0.2, -0.15) is 0 Å². The van der Waals surface area contributed by atoms with Gasteiger partial charge in [-0.15, -0.1) is 0 Å². The maximum atomic E-state index is 8.36. The minimum Gasteiger partial charge on any atom is -0.483 e. The van der Waals surface area contributed by atoms with E-state index in [0.717, 1.165) is 47.5 Å². The van der Waals surface area contributed by atoms with Crippen LogP contribution in [0, 0.1) is 51.8 Å². The highest BCUT2D eigenvalue weighted by atomic mass is 16.6. The van der Waals surface area contributed by atoms with E-state index in [2.05, 4.69) is 32.4 Å². The summed E-state index contributed by atoms with van der Waals surface area (Å²) in [5.74, 6) is 6.30. The van der Waals surface area contributed by atoms with Gasteiger partial charge >= 0.3 is 0 Å². The predicted octanol–water partition coefficient (Wildman–Crippen LogP) is 8.60. The van der Waals surface area contributed by atoms with Gasteiger partial charge in [0.15, 0.2) is 0 Å².